The van der Waals surface area contributed by atoms with Crippen LogP contribution in [0.1, 0.15) is 70.3 Å². The van der Waals surface area contributed by atoms with Crippen LogP contribution in [0.5, 0.6) is 5.75 Å². The van der Waals surface area contributed by atoms with Crippen LogP contribution in [-0.4, -0.2) is 53.9 Å². The molecule has 3 unspecified atom stereocenters. The largest absolute Gasteiger partial charge is 0.469 e. The normalized spacial score (nSPS) is 18.7. The summed E-state index contributed by atoms with van der Waals surface area (Å²) >= 11 is 6.50. The molecule has 2 aromatic carbocycles. The number of carbonyl (C=O) groups is 3. The number of hydrogen-bond acceptors (Lipinski definition) is 10. The number of halogens is 1. The summed E-state index contributed by atoms with van der Waals surface area (Å²) in [6.45, 7) is 7.42. The van der Waals surface area contributed by atoms with Crippen LogP contribution in [0.2, 0.25) is 5.02 Å². The highest BCUT2D eigenvalue weighted by atomic mass is 35.5. The Bertz CT molecular complexity index is 1290. The van der Waals surface area contributed by atoms with Gasteiger partial charge in [-0.3, -0.25) is 19.7 Å². The van der Waals surface area contributed by atoms with Crippen molar-refractivity contribution in [2.45, 2.75) is 77.8 Å². The summed E-state index contributed by atoms with van der Waals surface area (Å²) in [7, 11) is 0. The first kappa shape index (κ1) is 31.8. The maximum absolute atomic E-state index is 12.2. The lowest BCUT2D eigenvalue weighted by atomic mass is 9.93. The summed E-state index contributed by atoms with van der Waals surface area (Å²) in [6.07, 6.45) is -0.346. The van der Waals surface area contributed by atoms with Gasteiger partial charge in [0.1, 0.15) is 12.7 Å². The Balaban J connectivity index is 1.85. The number of nitro benzene ring substituents is 1. The number of benzene rings is 2. The molecule has 0 bridgehead atoms. The van der Waals surface area contributed by atoms with Crippen molar-refractivity contribution in [3.63, 3.8) is 0 Å². The van der Waals surface area contributed by atoms with E-state index in [1.807, 2.05) is 6.07 Å². The first-order valence-electron chi connectivity index (χ1n) is 13.2. The van der Waals surface area contributed by atoms with Crippen LogP contribution in [-0.2, 0) is 39.8 Å². The Labute approximate surface area is 243 Å². The van der Waals surface area contributed by atoms with Crippen LogP contribution < -0.4 is 4.74 Å². The Hall–Kier alpha value is -3.70. The third-order valence-corrected chi connectivity index (χ3v) is 6.72. The van der Waals surface area contributed by atoms with Gasteiger partial charge in [-0.05, 0) is 56.0 Å². The van der Waals surface area contributed by atoms with Crippen molar-refractivity contribution in [2.75, 3.05) is 13.2 Å². The molecule has 0 amide bonds. The second-order valence-corrected chi connectivity index (χ2v) is 10.6. The molecule has 11 nitrogen and oxygen atoms in total. The molecule has 1 aliphatic rings. The molecular formula is C29H34ClNO10. The van der Waals surface area contributed by atoms with E-state index in [4.69, 9.17) is 35.3 Å². The minimum atomic E-state index is -1.43. The first-order chi connectivity index (χ1) is 19.3. The third kappa shape index (κ3) is 8.89. The topological polar surface area (TPSA) is 140 Å². The van der Waals surface area contributed by atoms with E-state index in [2.05, 4.69) is 0 Å². The summed E-state index contributed by atoms with van der Waals surface area (Å²) in [5, 5.41) is 12.3. The fraction of sp³-hybridized carbons (Fsp3) is 0.483. The fourth-order valence-electron chi connectivity index (χ4n) is 4.51. The summed E-state index contributed by atoms with van der Waals surface area (Å²) in [4.78, 5) is 46.5. The van der Waals surface area contributed by atoms with Crippen molar-refractivity contribution in [2.24, 2.45) is 0 Å². The van der Waals surface area contributed by atoms with Crippen molar-refractivity contribution in [1.82, 2.24) is 0 Å². The molecule has 0 spiro atoms. The smallest absolute Gasteiger partial charge is 0.349 e. The molecule has 1 saturated heterocycles. The van der Waals surface area contributed by atoms with Crippen LogP contribution in [0.4, 0.5) is 5.69 Å². The van der Waals surface area contributed by atoms with E-state index in [0.717, 1.165) is 5.56 Å². The predicted molar refractivity (Wildman–Crippen MR) is 148 cm³/mol. The summed E-state index contributed by atoms with van der Waals surface area (Å²) in [5.41, 5.74) is 0.304. The molecule has 0 N–H and O–H groups in total. The highest BCUT2D eigenvalue weighted by molar-refractivity contribution is 6.31. The highest BCUT2D eigenvalue weighted by Crippen LogP contribution is 2.36. The van der Waals surface area contributed by atoms with Crippen molar-refractivity contribution in [3.05, 3.63) is 68.2 Å². The highest BCUT2D eigenvalue weighted by Gasteiger charge is 2.35. The number of esters is 3. The molecule has 1 aliphatic heterocycles. The van der Waals surface area contributed by atoms with E-state index >= 15 is 0 Å². The number of carbonyl (C=O) groups excluding carboxylic acids is 3. The SMILES string of the molecule is CCOC(=O)C(C)(C)Oc1ccc(Cc2cc(C3CC(OC(C)=O)CC(COC(C)=O)O3)ccc2Cl)cc1[N+](=O)[O-]. The zero-order chi connectivity index (χ0) is 30.3. The zero-order valence-electron chi connectivity index (χ0n) is 23.6. The molecule has 0 saturated carbocycles. The van der Waals surface area contributed by atoms with E-state index in [1.165, 1.54) is 39.8 Å². The number of rotatable bonds is 11. The minimum absolute atomic E-state index is 0.0229. The summed E-state index contributed by atoms with van der Waals surface area (Å²) < 4.78 is 27.4. The number of nitro groups is 1. The second kappa shape index (κ2) is 13.8. The number of hydrogen-bond donors (Lipinski definition) is 0. The zero-order valence-corrected chi connectivity index (χ0v) is 24.4. The van der Waals surface area contributed by atoms with Gasteiger partial charge in [-0.1, -0.05) is 29.8 Å². The van der Waals surface area contributed by atoms with Crippen molar-refractivity contribution >= 4 is 35.2 Å². The Morgan fingerprint density at radius 2 is 1.80 bits per heavy atom. The van der Waals surface area contributed by atoms with E-state index < -0.39 is 46.7 Å². The number of nitrogens with zero attached hydrogens (tertiary/aromatic N) is 1. The first-order valence-corrected chi connectivity index (χ1v) is 13.5. The van der Waals surface area contributed by atoms with Gasteiger partial charge in [-0.2, -0.15) is 0 Å². The molecule has 222 valence electrons. The van der Waals surface area contributed by atoms with Crippen LogP contribution in [0, 0.1) is 10.1 Å². The van der Waals surface area contributed by atoms with Gasteiger partial charge in [0.25, 0.3) is 0 Å². The monoisotopic (exact) mass is 591 g/mol. The van der Waals surface area contributed by atoms with Crippen molar-refractivity contribution in [3.8, 4) is 5.75 Å². The van der Waals surface area contributed by atoms with Crippen LogP contribution in [0.25, 0.3) is 0 Å². The molecule has 41 heavy (non-hydrogen) atoms. The Morgan fingerprint density at radius 3 is 2.44 bits per heavy atom. The van der Waals surface area contributed by atoms with Crippen LogP contribution in [0.3, 0.4) is 0 Å². The summed E-state index contributed by atoms with van der Waals surface area (Å²) in [6, 6.07) is 9.83. The van der Waals surface area contributed by atoms with Gasteiger partial charge in [-0.15, -0.1) is 0 Å². The molecule has 0 radical (unpaired) electrons. The van der Waals surface area contributed by atoms with Gasteiger partial charge in [0, 0.05) is 37.8 Å². The Morgan fingerprint density at radius 1 is 1.07 bits per heavy atom. The van der Waals surface area contributed by atoms with Crippen LogP contribution >= 0.6 is 11.6 Å². The minimum Gasteiger partial charge on any atom is -0.469 e. The Kier molecular flexibility index (Phi) is 10.7. The standard InChI is InChI=1S/C29H34ClNO10/c1-6-37-28(34)29(4,5)41-26-10-7-19(12-25(26)31(35)36)11-21-13-20(8-9-24(21)30)27-15-22(39-18(3)33)14-23(40-27)16-38-17(2)32/h7-10,12-13,22-23,27H,6,11,14-16H2,1-5H3. The van der Waals surface area contributed by atoms with Crippen molar-refractivity contribution < 1.29 is 43.0 Å². The lowest BCUT2D eigenvalue weighted by Gasteiger charge is -2.35. The maximum Gasteiger partial charge on any atom is 0.349 e. The molecule has 2 aromatic rings. The van der Waals surface area contributed by atoms with Crippen LogP contribution in [0.15, 0.2) is 36.4 Å². The molecular weight excluding hydrogens is 558 g/mol. The van der Waals surface area contributed by atoms with Gasteiger partial charge in [0.15, 0.2) is 5.75 Å². The van der Waals surface area contributed by atoms with Gasteiger partial charge in [0.05, 0.1) is 23.7 Å². The van der Waals surface area contributed by atoms with E-state index in [1.54, 1.807) is 25.1 Å². The molecule has 12 heteroatoms. The number of ether oxygens (including phenoxy) is 5. The van der Waals surface area contributed by atoms with Gasteiger partial charge in [-0.25, -0.2) is 4.79 Å². The summed E-state index contributed by atoms with van der Waals surface area (Å²) in [5.74, 6) is -1.57. The molecule has 0 aliphatic carbocycles. The molecule has 0 aromatic heterocycles. The predicted octanol–water partition coefficient (Wildman–Crippen LogP) is 5.27. The van der Waals surface area contributed by atoms with E-state index in [0.29, 0.717) is 29.0 Å². The lowest BCUT2D eigenvalue weighted by Crippen LogP contribution is -2.39. The van der Waals surface area contributed by atoms with Gasteiger partial charge in [0.2, 0.25) is 5.60 Å². The quantitative estimate of drug-likeness (QED) is 0.147. The van der Waals surface area contributed by atoms with Gasteiger partial charge < -0.3 is 23.7 Å². The fourth-order valence-corrected chi connectivity index (χ4v) is 4.69. The molecule has 1 fully saturated rings. The second-order valence-electron chi connectivity index (χ2n) is 10.2. The van der Waals surface area contributed by atoms with E-state index in [9.17, 15) is 24.5 Å². The maximum atomic E-state index is 12.2. The lowest BCUT2D eigenvalue weighted by molar-refractivity contribution is -0.386. The molecule has 1 heterocycles. The van der Waals surface area contributed by atoms with Crippen molar-refractivity contribution in [1.29, 1.82) is 0 Å². The van der Waals surface area contributed by atoms with E-state index in [-0.39, 0.29) is 31.1 Å². The third-order valence-electron chi connectivity index (χ3n) is 6.35. The average Bonchev–Trinajstić information content (AvgIpc) is 2.89. The molecule has 3 atom stereocenters. The van der Waals surface area contributed by atoms with Gasteiger partial charge >= 0.3 is 23.6 Å². The molecule has 3 rings (SSSR count). The average molecular weight is 592 g/mol.